The summed E-state index contributed by atoms with van der Waals surface area (Å²) >= 11 is 0. The minimum Gasteiger partial charge on any atom is -0.211 e. The molecule has 0 radical (unpaired) electrons. The summed E-state index contributed by atoms with van der Waals surface area (Å²) in [5.41, 5.74) is 7.87. The van der Waals surface area contributed by atoms with Crippen molar-refractivity contribution in [2.75, 3.05) is 13.1 Å². The summed E-state index contributed by atoms with van der Waals surface area (Å²) in [5, 5.41) is 0. The molecule has 0 aliphatic heterocycles. The Kier molecular flexibility index (Phi) is 54.9. The lowest BCUT2D eigenvalue weighted by Gasteiger charge is -2.23. The molecule has 8 rings (SSSR count). The van der Waals surface area contributed by atoms with Crippen molar-refractivity contribution in [2.24, 2.45) is 115 Å². The first-order chi connectivity index (χ1) is 68.3. The van der Waals surface area contributed by atoms with E-state index in [1.165, 1.54) is 200 Å². The van der Waals surface area contributed by atoms with Crippen LogP contribution in [-0.4, -0.2) is 177 Å². The molecule has 0 aromatic heterocycles. The number of hydrogen-bond donors (Lipinski definition) is 0. The number of isocyanates is 23. The molecule has 0 saturated carbocycles. The fourth-order valence-electron chi connectivity index (χ4n) is 12.6. The Balaban J connectivity index is 0.000000440. The molecule has 696 valence electrons. The molecule has 8 aromatic carbocycles. The van der Waals surface area contributed by atoms with Crippen LogP contribution in [0, 0.1) is 13.8 Å². The van der Waals surface area contributed by atoms with Gasteiger partial charge in [-0.3, -0.25) is 0 Å². The Bertz CT molecular complexity index is 6430. The lowest BCUT2D eigenvalue weighted by atomic mass is 9.82. The summed E-state index contributed by atoms with van der Waals surface area (Å²) in [7, 11) is 0. The van der Waals surface area contributed by atoms with Crippen molar-refractivity contribution in [3.63, 3.8) is 0 Å². The molecule has 0 spiro atoms. The molecule has 0 aliphatic rings. The van der Waals surface area contributed by atoms with Gasteiger partial charge in [0.25, 0.3) is 11.6 Å². The van der Waals surface area contributed by atoms with Gasteiger partial charge in [0.05, 0.1) is 64.3 Å². The molecule has 0 heterocycles. The fourth-order valence-corrected chi connectivity index (χ4v) is 12.6. The highest BCUT2D eigenvalue weighted by Gasteiger charge is 2.35. The van der Waals surface area contributed by atoms with E-state index in [1.54, 1.807) is 56.3 Å². The summed E-state index contributed by atoms with van der Waals surface area (Å²) in [6, 6.07) is 49.5. The van der Waals surface area contributed by atoms with E-state index in [-0.39, 0.29) is 30.1 Å². The van der Waals surface area contributed by atoms with Crippen LogP contribution in [0.5, 0.6) is 0 Å². The average Bonchev–Trinajstić information content (AvgIpc) is 0.775. The fraction of sp³-hybridized carbons (Fsp3) is 0.245. The molecule has 0 saturated heterocycles. The van der Waals surface area contributed by atoms with Crippen LogP contribution in [0.3, 0.4) is 0 Å². The summed E-state index contributed by atoms with van der Waals surface area (Å²) in [6.45, 7) is 4.18. The van der Waals surface area contributed by atoms with Crippen molar-refractivity contribution in [2.45, 2.75) is 132 Å². The molecule has 0 N–H and O–H groups in total. The van der Waals surface area contributed by atoms with Crippen molar-refractivity contribution in [3.05, 3.63) is 232 Å². The summed E-state index contributed by atoms with van der Waals surface area (Å²) in [5.74, 6) is -4.40. The number of aliphatic imine (C=N–C) groups is 23. The van der Waals surface area contributed by atoms with Crippen molar-refractivity contribution in [1.82, 2.24) is 0 Å². The Labute approximate surface area is 789 Å². The molecule has 140 heavy (non-hydrogen) atoms. The first kappa shape index (κ1) is 114. The van der Waals surface area contributed by atoms with Gasteiger partial charge < -0.3 is 0 Å². The van der Waals surface area contributed by atoms with Gasteiger partial charge in [-0.25, -0.2) is 120 Å². The number of aryl methyl sites for hydroxylation is 2. The molecule has 0 bridgehead atoms. The zero-order chi connectivity index (χ0) is 103. The number of rotatable bonds is 46. The highest BCUT2D eigenvalue weighted by atomic mass is 16.2. The molecule has 1 atom stereocenters. The smallest absolute Gasteiger partial charge is 0.211 e. The molecule has 0 aliphatic carbocycles. The van der Waals surface area contributed by atoms with Gasteiger partial charge in [0.15, 0.2) is 12.3 Å². The Morgan fingerprint density at radius 2 is 0.529 bits per heavy atom. The summed E-state index contributed by atoms with van der Waals surface area (Å²) in [4.78, 5) is 319. The quantitative estimate of drug-likeness (QED) is 0.0148. The van der Waals surface area contributed by atoms with E-state index >= 15 is 0 Å². The highest BCUT2D eigenvalue weighted by molar-refractivity contribution is 5.74. The molecule has 0 amide bonds. The maximum Gasteiger partial charge on any atom is 0.277 e. The maximum atomic E-state index is 11.2. The predicted octanol–water partition coefficient (Wildman–Crippen LogP) is 14.2. The van der Waals surface area contributed by atoms with Gasteiger partial charge >= 0.3 is 0 Å². The van der Waals surface area contributed by atoms with Crippen LogP contribution in [0.15, 0.2) is 291 Å². The van der Waals surface area contributed by atoms with Crippen LogP contribution in [-0.2, 0) is 116 Å². The average molecular weight is 1890 g/mol. The Hall–Kier alpha value is -20.5. The van der Waals surface area contributed by atoms with E-state index in [4.69, 9.17) is 0 Å². The van der Waals surface area contributed by atoms with Crippen LogP contribution in [0.4, 0.5) is 51.2 Å². The van der Waals surface area contributed by atoms with E-state index in [9.17, 15) is 110 Å². The van der Waals surface area contributed by atoms with Crippen molar-refractivity contribution >= 4 is 191 Å². The number of benzene rings is 8. The van der Waals surface area contributed by atoms with E-state index in [1.807, 2.05) is 72.8 Å². The largest absolute Gasteiger partial charge is 0.277 e. The van der Waals surface area contributed by atoms with Gasteiger partial charge in [-0.2, -0.15) is 105 Å². The number of unbranched alkanes of at least 4 members (excludes halogenated alkanes) is 5. The summed E-state index contributed by atoms with van der Waals surface area (Å²) < 4.78 is 0. The molecular formula is C94H67N23O23. The Morgan fingerprint density at radius 1 is 0.236 bits per heavy atom. The number of nitrogens with zero attached hydrogens (tertiary/aromatic N) is 23. The minimum atomic E-state index is -1.81. The topological polar surface area (TPSA) is 677 Å². The third-order valence-electron chi connectivity index (χ3n) is 18.6. The second-order valence-electron chi connectivity index (χ2n) is 26.9. The molecule has 1 unspecified atom stereocenters. The SMILES string of the molecule is Cc1cc(C(c2ccccc2)c2cc(C)c(N=C=O)cc2N=C=O)c(N=C=O)cc1N=C=O.O=C=NC(CCCCC(N=C=O)N=C=O)N=C=O.O=C=NCCCCCC(N=C=O)(N=C=O)N=C=O.O=C=NCCCCCC(N=C=O)(N=C=O)N=C=O.O=C=Nc1ccc(C(N=C=O)(N=C=O)c2ccc(N=C=O)cc2)cc1.O=C=Nc1ccc(C(c2ccccc2)c2ccc(N=C=O)cc2N=C=O)cc1. The third kappa shape index (κ3) is 38.9. The van der Waals surface area contributed by atoms with Crippen LogP contribution >= 0.6 is 0 Å². The van der Waals surface area contributed by atoms with Crippen LogP contribution in [0.1, 0.15) is 145 Å². The first-order valence-electron chi connectivity index (χ1n) is 39.9. The van der Waals surface area contributed by atoms with Crippen molar-refractivity contribution in [1.29, 1.82) is 0 Å². The second-order valence-corrected chi connectivity index (χ2v) is 26.9. The Morgan fingerprint density at radius 3 is 0.843 bits per heavy atom. The second kappa shape index (κ2) is 67.7. The lowest BCUT2D eigenvalue weighted by molar-refractivity contribution is 0.400. The summed E-state index contributed by atoms with van der Waals surface area (Å²) in [6.07, 6.45) is 35.2. The van der Waals surface area contributed by atoms with Gasteiger partial charge in [0.2, 0.25) is 146 Å². The monoisotopic (exact) mass is 1890 g/mol. The van der Waals surface area contributed by atoms with Crippen molar-refractivity contribution in [3.8, 4) is 0 Å². The minimum absolute atomic E-state index is 0.0670. The van der Waals surface area contributed by atoms with E-state index < -0.39 is 35.5 Å². The van der Waals surface area contributed by atoms with Gasteiger partial charge in [0.1, 0.15) is 0 Å². The standard InChI is InChI=1S/C25H16N4O4.C22H13N3O3.C17H8N4O4.3C10H10N4O4/c1-16-8-19(23(28-14-32)10-21(16)26-12-30)25(18-6-4-3-5-7-18)20-9-17(2)22(27-13-31)11-24(20)29-15-33;26-13-23-18-8-6-17(7-9-18)22(16-4-2-1-3-5-16)20-11-10-19(24-14-27)12-21(20)25-15-28;22-9-18-15-5-1-13(2-6-15)17(20-11-24,21-12-25)14-3-7-16(8-4-14)19-10-23;15-5-11-9(12-6-16)3-1-2-4-10(13-7-17)14-8-18;2*15-6-11-5-3-1-2-4-10(12-7-16,13-8-17)14-9-18/h3-11,25H,1-2H3;1-12,22H;1-8H;9-10H,1-4H2;2*1-5H2. The van der Waals surface area contributed by atoms with Gasteiger partial charge in [0, 0.05) is 35.8 Å². The molecule has 46 nitrogen and oxygen atoms in total. The van der Waals surface area contributed by atoms with Gasteiger partial charge in [-0.1, -0.05) is 128 Å². The van der Waals surface area contributed by atoms with Crippen LogP contribution in [0.2, 0.25) is 0 Å². The van der Waals surface area contributed by atoms with Crippen LogP contribution in [0.25, 0.3) is 0 Å². The molecule has 46 heteroatoms. The normalized spacial score (nSPS) is 11.2. The number of carbonyl (C=O) groups excluding carboxylic acids is 23. The van der Waals surface area contributed by atoms with E-state index in [2.05, 4.69) is 115 Å². The molecular weight excluding hydrogens is 1820 g/mol. The van der Waals surface area contributed by atoms with Crippen LogP contribution < -0.4 is 0 Å². The first-order valence-corrected chi connectivity index (χ1v) is 39.9. The third-order valence-corrected chi connectivity index (χ3v) is 18.6. The zero-order valence-electron chi connectivity index (χ0n) is 73.1. The predicted molar refractivity (Wildman–Crippen MR) is 486 cm³/mol. The van der Waals surface area contributed by atoms with E-state index in [0.717, 1.165) is 22.3 Å². The van der Waals surface area contributed by atoms with Crippen molar-refractivity contribution < 1.29 is 110 Å². The zero-order valence-corrected chi connectivity index (χ0v) is 73.1. The van der Waals surface area contributed by atoms with Gasteiger partial charge in [-0.15, -0.1) is 0 Å². The van der Waals surface area contributed by atoms with E-state index in [0.29, 0.717) is 150 Å². The molecule has 8 aromatic rings. The molecule has 0 fully saturated rings. The van der Waals surface area contributed by atoms with Gasteiger partial charge in [-0.05, 0) is 170 Å². The maximum absolute atomic E-state index is 11.2. The lowest BCUT2D eigenvalue weighted by Crippen LogP contribution is -2.22. The highest BCUT2D eigenvalue weighted by Crippen LogP contribution is 2.46. The number of hydrogen-bond acceptors (Lipinski definition) is 46.